The molecule has 6 nitrogen and oxygen atoms in total. The first-order chi connectivity index (χ1) is 8.27. The Labute approximate surface area is 100 Å². The summed E-state index contributed by atoms with van der Waals surface area (Å²) in [5.74, 6) is 1.01. The van der Waals surface area contributed by atoms with Crippen molar-refractivity contribution in [1.29, 1.82) is 5.26 Å². The predicted molar refractivity (Wildman–Crippen MR) is 64.5 cm³/mol. The van der Waals surface area contributed by atoms with Crippen LogP contribution in [-0.4, -0.2) is 34.6 Å². The van der Waals surface area contributed by atoms with Crippen LogP contribution in [0.15, 0.2) is 0 Å². The summed E-state index contributed by atoms with van der Waals surface area (Å²) in [5, 5.41) is 22.4. The van der Waals surface area contributed by atoms with Crippen molar-refractivity contribution in [2.45, 2.75) is 25.8 Å². The highest BCUT2D eigenvalue weighted by Gasteiger charge is 2.21. The van der Waals surface area contributed by atoms with Gasteiger partial charge in [-0.05, 0) is 19.3 Å². The van der Waals surface area contributed by atoms with Gasteiger partial charge in [0, 0.05) is 13.1 Å². The van der Waals surface area contributed by atoms with E-state index in [1.807, 2.05) is 0 Å². The van der Waals surface area contributed by atoms with E-state index in [-0.39, 0.29) is 6.61 Å². The number of aliphatic hydroxyl groups excluding tert-OH is 1. The molecule has 1 aromatic rings. The van der Waals surface area contributed by atoms with Crippen LogP contribution in [0.5, 0.6) is 0 Å². The number of aromatic nitrogens is 2. The van der Waals surface area contributed by atoms with E-state index in [4.69, 9.17) is 16.1 Å². The third-order valence-electron chi connectivity index (χ3n) is 3.05. The van der Waals surface area contributed by atoms with E-state index in [1.54, 1.807) is 0 Å². The number of nitrogen functional groups attached to an aromatic ring is 1. The van der Waals surface area contributed by atoms with E-state index >= 15 is 0 Å². The molecule has 1 saturated heterocycles. The smallest absolute Gasteiger partial charge is 0.170 e. The lowest BCUT2D eigenvalue weighted by Gasteiger charge is -2.26. The minimum Gasteiger partial charge on any atom is -0.394 e. The molecule has 1 aromatic heterocycles. The number of nitrogens with zero attached hydrogens (tertiary/aromatic N) is 4. The van der Waals surface area contributed by atoms with E-state index in [2.05, 4.69) is 16.1 Å². The summed E-state index contributed by atoms with van der Waals surface area (Å²) < 4.78 is 1.50. The number of hydrogen-bond acceptors (Lipinski definition) is 5. The molecule has 17 heavy (non-hydrogen) atoms. The zero-order valence-electron chi connectivity index (χ0n) is 9.76. The number of nitriles is 1. The third kappa shape index (κ3) is 2.19. The molecule has 6 heteroatoms. The Kier molecular flexibility index (Phi) is 3.49. The fourth-order valence-electron chi connectivity index (χ4n) is 2.16. The first-order valence-corrected chi connectivity index (χ1v) is 5.90. The Morgan fingerprint density at radius 3 is 2.65 bits per heavy atom. The maximum atomic E-state index is 9.14. The standard InChI is InChI=1S/C11H17N5O/c12-8-9-10(13)16(6-7-17)14-11(9)15-4-2-1-3-5-15/h17H,1-7,13H2. The Balaban J connectivity index is 2.32. The molecule has 0 radical (unpaired) electrons. The van der Waals surface area contributed by atoms with Crippen LogP contribution in [0.1, 0.15) is 24.8 Å². The van der Waals surface area contributed by atoms with Gasteiger partial charge in [0.25, 0.3) is 0 Å². The van der Waals surface area contributed by atoms with Crippen molar-refractivity contribution in [3.05, 3.63) is 5.56 Å². The normalized spacial score (nSPS) is 15.9. The number of piperidine rings is 1. The molecule has 2 rings (SSSR count). The summed E-state index contributed by atoms with van der Waals surface area (Å²) in [6.45, 7) is 2.14. The zero-order chi connectivity index (χ0) is 12.3. The van der Waals surface area contributed by atoms with Gasteiger partial charge in [-0.15, -0.1) is 0 Å². The summed E-state index contributed by atoms with van der Waals surface area (Å²) in [7, 11) is 0. The second-order valence-electron chi connectivity index (χ2n) is 4.19. The van der Waals surface area contributed by atoms with Gasteiger partial charge in [-0.2, -0.15) is 10.4 Å². The van der Waals surface area contributed by atoms with Crippen LogP contribution in [0.2, 0.25) is 0 Å². The van der Waals surface area contributed by atoms with Crippen LogP contribution >= 0.6 is 0 Å². The molecular weight excluding hydrogens is 218 g/mol. The SMILES string of the molecule is N#Cc1c(N2CCCCC2)nn(CCO)c1N. The van der Waals surface area contributed by atoms with Gasteiger partial charge in [-0.1, -0.05) is 0 Å². The van der Waals surface area contributed by atoms with E-state index in [0.717, 1.165) is 25.9 Å². The van der Waals surface area contributed by atoms with Crippen molar-refractivity contribution in [3.63, 3.8) is 0 Å². The van der Waals surface area contributed by atoms with Gasteiger partial charge in [-0.25, -0.2) is 4.68 Å². The van der Waals surface area contributed by atoms with Gasteiger partial charge in [0.1, 0.15) is 17.5 Å². The Morgan fingerprint density at radius 2 is 2.06 bits per heavy atom. The molecule has 0 unspecified atom stereocenters. The van der Waals surface area contributed by atoms with Crippen molar-refractivity contribution in [2.75, 3.05) is 30.3 Å². The zero-order valence-corrected chi connectivity index (χ0v) is 9.76. The van der Waals surface area contributed by atoms with Crippen LogP contribution in [0.4, 0.5) is 11.6 Å². The molecule has 1 aliphatic rings. The van der Waals surface area contributed by atoms with E-state index in [0.29, 0.717) is 23.7 Å². The van der Waals surface area contributed by atoms with Crippen molar-refractivity contribution < 1.29 is 5.11 Å². The highest BCUT2D eigenvalue weighted by atomic mass is 16.3. The lowest BCUT2D eigenvalue weighted by molar-refractivity contribution is 0.270. The van der Waals surface area contributed by atoms with Crippen LogP contribution in [0.3, 0.4) is 0 Å². The molecule has 0 saturated carbocycles. The maximum absolute atomic E-state index is 9.14. The summed E-state index contributed by atoms with van der Waals surface area (Å²) >= 11 is 0. The average molecular weight is 235 g/mol. The molecule has 3 N–H and O–H groups in total. The lowest BCUT2D eigenvalue weighted by Crippen LogP contribution is -2.30. The Hall–Kier alpha value is -1.74. The first-order valence-electron chi connectivity index (χ1n) is 5.90. The quantitative estimate of drug-likeness (QED) is 0.787. The maximum Gasteiger partial charge on any atom is 0.170 e. The number of rotatable bonds is 3. The fraction of sp³-hybridized carbons (Fsp3) is 0.636. The monoisotopic (exact) mass is 235 g/mol. The highest BCUT2D eigenvalue weighted by molar-refractivity contribution is 5.65. The molecule has 0 amide bonds. The van der Waals surface area contributed by atoms with Gasteiger partial charge in [-0.3, -0.25) is 0 Å². The molecule has 92 valence electrons. The Morgan fingerprint density at radius 1 is 1.35 bits per heavy atom. The molecular formula is C11H17N5O. The molecule has 0 bridgehead atoms. The third-order valence-corrected chi connectivity index (χ3v) is 3.05. The predicted octanol–water partition coefficient (Wildman–Crippen LogP) is 0.320. The largest absolute Gasteiger partial charge is 0.394 e. The number of anilines is 2. The molecule has 1 aliphatic heterocycles. The van der Waals surface area contributed by atoms with E-state index in [1.165, 1.54) is 11.1 Å². The molecule has 0 atom stereocenters. The van der Waals surface area contributed by atoms with Crippen molar-refractivity contribution in [3.8, 4) is 6.07 Å². The number of aliphatic hydroxyl groups is 1. The number of hydrogen-bond donors (Lipinski definition) is 2. The Bertz CT molecular complexity index is 428. The fourth-order valence-corrected chi connectivity index (χ4v) is 2.16. The van der Waals surface area contributed by atoms with E-state index < -0.39 is 0 Å². The van der Waals surface area contributed by atoms with Gasteiger partial charge in [0.05, 0.1) is 13.2 Å². The van der Waals surface area contributed by atoms with Gasteiger partial charge < -0.3 is 15.7 Å². The van der Waals surface area contributed by atoms with Crippen LogP contribution in [-0.2, 0) is 6.54 Å². The molecule has 1 fully saturated rings. The van der Waals surface area contributed by atoms with Gasteiger partial charge in [0.2, 0.25) is 0 Å². The van der Waals surface area contributed by atoms with Crippen LogP contribution in [0, 0.1) is 11.3 Å². The summed E-state index contributed by atoms with van der Waals surface area (Å²) in [4.78, 5) is 2.10. The van der Waals surface area contributed by atoms with Crippen LogP contribution in [0.25, 0.3) is 0 Å². The number of nitrogens with two attached hydrogens (primary N) is 1. The minimum atomic E-state index is -0.0316. The first kappa shape index (κ1) is 11.7. The van der Waals surface area contributed by atoms with Crippen molar-refractivity contribution >= 4 is 11.6 Å². The van der Waals surface area contributed by atoms with Crippen molar-refractivity contribution in [1.82, 2.24) is 9.78 Å². The minimum absolute atomic E-state index is 0.0316. The second kappa shape index (κ2) is 5.06. The average Bonchev–Trinajstić information content (AvgIpc) is 2.68. The van der Waals surface area contributed by atoms with Crippen molar-refractivity contribution in [2.24, 2.45) is 0 Å². The van der Waals surface area contributed by atoms with E-state index in [9.17, 15) is 0 Å². The second-order valence-corrected chi connectivity index (χ2v) is 4.19. The summed E-state index contributed by atoms with van der Waals surface area (Å²) in [6, 6.07) is 2.11. The summed E-state index contributed by atoms with van der Waals surface area (Å²) in [6.07, 6.45) is 3.47. The highest BCUT2D eigenvalue weighted by Crippen LogP contribution is 2.26. The lowest BCUT2D eigenvalue weighted by atomic mass is 10.1. The molecule has 2 heterocycles. The summed E-state index contributed by atoms with van der Waals surface area (Å²) in [5.41, 5.74) is 6.28. The van der Waals surface area contributed by atoms with Crippen LogP contribution < -0.4 is 10.6 Å². The molecule has 0 aliphatic carbocycles. The topological polar surface area (TPSA) is 91.1 Å². The molecule has 0 spiro atoms. The molecule has 0 aromatic carbocycles. The van der Waals surface area contributed by atoms with Gasteiger partial charge >= 0.3 is 0 Å². The van der Waals surface area contributed by atoms with Gasteiger partial charge in [0.15, 0.2) is 5.82 Å².